The van der Waals surface area contributed by atoms with Gasteiger partial charge in [-0.3, -0.25) is 9.98 Å². The zero-order valence-electron chi connectivity index (χ0n) is 17.8. The van der Waals surface area contributed by atoms with Crippen molar-refractivity contribution in [2.45, 2.75) is 19.9 Å². The van der Waals surface area contributed by atoms with E-state index >= 15 is 0 Å². The van der Waals surface area contributed by atoms with Gasteiger partial charge in [-0.2, -0.15) is 0 Å². The van der Waals surface area contributed by atoms with E-state index in [1.807, 2.05) is 48.5 Å². The van der Waals surface area contributed by atoms with Crippen molar-refractivity contribution in [3.8, 4) is 17.1 Å². The normalized spacial score (nSPS) is 12.1. The molecule has 2 heterocycles. The molecule has 5 rings (SSSR count). The first-order chi connectivity index (χ1) is 15.6. The van der Waals surface area contributed by atoms with Crippen LogP contribution in [0.1, 0.15) is 13.8 Å². The molecule has 0 unspecified atom stereocenters. The first-order valence-electron chi connectivity index (χ1n) is 10.5. The van der Waals surface area contributed by atoms with Crippen molar-refractivity contribution >= 4 is 34.0 Å². The Labute approximate surface area is 191 Å². The van der Waals surface area contributed by atoms with Crippen LogP contribution in [0, 0.1) is 0 Å². The van der Waals surface area contributed by atoms with E-state index in [1.165, 1.54) is 0 Å². The largest absolute Gasteiger partial charge is 0.352 e. The van der Waals surface area contributed by atoms with Gasteiger partial charge in [0, 0.05) is 22.9 Å². The van der Waals surface area contributed by atoms with Crippen molar-refractivity contribution in [3.63, 3.8) is 0 Å². The number of nitrogens with one attached hydrogen (secondary N) is 1. The average Bonchev–Trinajstić information content (AvgIpc) is 2.79. The minimum Gasteiger partial charge on any atom is -0.352 e. The first-order valence-corrected chi connectivity index (χ1v) is 10.9. The molecule has 6 heteroatoms. The van der Waals surface area contributed by atoms with E-state index in [0.29, 0.717) is 5.02 Å². The van der Waals surface area contributed by atoms with E-state index in [2.05, 4.69) is 53.0 Å². The molecule has 0 saturated carbocycles. The third-order valence-electron chi connectivity index (χ3n) is 5.11. The highest BCUT2D eigenvalue weighted by molar-refractivity contribution is 6.31. The Morgan fingerprint density at radius 1 is 0.969 bits per heavy atom. The van der Waals surface area contributed by atoms with Gasteiger partial charge in [0.1, 0.15) is 0 Å². The number of nitrogens with zero attached hydrogens (tertiary/aromatic N) is 4. The molecule has 1 N–H and O–H groups in total. The fourth-order valence-corrected chi connectivity index (χ4v) is 3.96. The number of benzene rings is 3. The quantitative estimate of drug-likeness (QED) is 0.337. The Balaban J connectivity index is 1.85. The molecule has 1 aliphatic carbocycles. The summed E-state index contributed by atoms with van der Waals surface area (Å²) in [5.41, 5.74) is 6.46. The molecule has 0 spiro atoms. The van der Waals surface area contributed by atoms with Gasteiger partial charge in [0.05, 0.1) is 45.4 Å². The Bertz CT molecular complexity index is 1430. The second-order valence-electron chi connectivity index (χ2n) is 7.86. The maximum atomic E-state index is 6.37. The first kappa shape index (κ1) is 20.2. The molecule has 0 radical (unpaired) electrons. The van der Waals surface area contributed by atoms with Gasteiger partial charge in [-0.05, 0) is 68.4 Å². The molecule has 0 saturated heterocycles. The number of hydrogen-bond donors (Lipinski definition) is 1. The van der Waals surface area contributed by atoms with E-state index in [4.69, 9.17) is 21.6 Å². The molecule has 1 aromatic heterocycles. The summed E-state index contributed by atoms with van der Waals surface area (Å²) >= 11 is 6.37. The number of halogens is 1. The van der Waals surface area contributed by atoms with Gasteiger partial charge in [-0.25, -0.2) is 4.98 Å². The second-order valence-corrected chi connectivity index (χ2v) is 8.30. The third-order valence-corrected chi connectivity index (χ3v) is 5.34. The molecule has 2 aromatic carbocycles. The van der Waals surface area contributed by atoms with Crippen LogP contribution in [0.3, 0.4) is 0 Å². The number of para-hydroxylation sites is 1. The van der Waals surface area contributed by atoms with E-state index < -0.39 is 0 Å². The standard InChI is InChI=1S/C26H22ClN5/c1-17(2)29-23-15-26-24(14-22(23)30-19-7-6-12-28-16-19)31-21-11-10-18(27)13-25(21)32(26)20-8-4-3-5-9-20/h3-17,30H,1-2H3. The Kier molecular flexibility index (Phi) is 5.33. The summed E-state index contributed by atoms with van der Waals surface area (Å²) in [5, 5.41) is 5.00. The fraction of sp³-hybridized carbons (Fsp3) is 0.115. The Morgan fingerprint density at radius 3 is 2.56 bits per heavy atom. The maximum absolute atomic E-state index is 6.37. The lowest BCUT2D eigenvalue weighted by molar-refractivity contribution is 0.806. The van der Waals surface area contributed by atoms with Crippen LogP contribution in [0.15, 0.2) is 90.2 Å². The zero-order valence-corrected chi connectivity index (χ0v) is 18.6. The van der Waals surface area contributed by atoms with Crippen LogP contribution in [0.4, 0.5) is 11.4 Å². The highest BCUT2D eigenvalue weighted by atomic mass is 35.5. The smallest absolute Gasteiger partial charge is 0.0900 e. The minimum atomic E-state index is 0.134. The summed E-state index contributed by atoms with van der Waals surface area (Å²) in [6.07, 6.45) is 3.55. The van der Waals surface area contributed by atoms with Gasteiger partial charge >= 0.3 is 0 Å². The lowest BCUT2D eigenvalue weighted by atomic mass is 10.1. The predicted molar refractivity (Wildman–Crippen MR) is 131 cm³/mol. The summed E-state index contributed by atoms with van der Waals surface area (Å²) < 4.78 is 2.19. The summed E-state index contributed by atoms with van der Waals surface area (Å²) in [6, 6.07) is 24.2. The van der Waals surface area contributed by atoms with Crippen LogP contribution >= 0.6 is 11.6 Å². The van der Waals surface area contributed by atoms with Gasteiger partial charge in [-0.15, -0.1) is 0 Å². The van der Waals surface area contributed by atoms with Gasteiger partial charge < -0.3 is 9.88 Å². The molecule has 2 aliphatic rings. The summed E-state index contributed by atoms with van der Waals surface area (Å²) in [5.74, 6) is 0. The van der Waals surface area contributed by atoms with Gasteiger partial charge in [0.2, 0.25) is 0 Å². The highest BCUT2D eigenvalue weighted by Gasteiger charge is 2.17. The van der Waals surface area contributed by atoms with Crippen LogP contribution in [0.5, 0.6) is 0 Å². The fourth-order valence-electron chi connectivity index (χ4n) is 3.80. The summed E-state index contributed by atoms with van der Waals surface area (Å²) in [6.45, 7) is 4.14. The van der Waals surface area contributed by atoms with E-state index in [9.17, 15) is 0 Å². The number of aromatic nitrogens is 3. The molecular formula is C26H22ClN5. The van der Waals surface area contributed by atoms with Gasteiger partial charge in [0.15, 0.2) is 0 Å². The number of rotatable bonds is 4. The topological polar surface area (TPSA) is 55.1 Å². The van der Waals surface area contributed by atoms with Gasteiger partial charge in [-0.1, -0.05) is 29.8 Å². The second kappa shape index (κ2) is 8.44. The number of anilines is 2. The lowest BCUT2D eigenvalue weighted by Crippen LogP contribution is -2.16. The van der Waals surface area contributed by atoms with Crippen molar-refractivity contribution in [2.75, 3.05) is 5.32 Å². The molecule has 5 nitrogen and oxygen atoms in total. The average molecular weight is 440 g/mol. The molecule has 1 aliphatic heterocycles. The van der Waals surface area contributed by atoms with Crippen LogP contribution in [-0.4, -0.2) is 20.6 Å². The van der Waals surface area contributed by atoms with Crippen LogP contribution < -0.4 is 10.7 Å². The lowest BCUT2D eigenvalue weighted by Gasteiger charge is -2.20. The van der Waals surface area contributed by atoms with Crippen molar-refractivity contribution < 1.29 is 0 Å². The maximum Gasteiger partial charge on any atom is 0.0900 e. The van der Waals surface area contributed by atoms with Crippen LogP contribution in [0.2, 0.25) is 5.02 Å². The molecule has 0 fully saturated rings. The number of fused-ring (bicyclic) bond motifs is 2. The Hall–Kier alpha value is -3.70. The van der Waals surface area contributed by atoms with Crippen molar-refractivity contribution in [2.24, 2.45) is 4.99 Å². The number of pyridine rings is 1. The molecule has 0 atom stereocenters. The molecule has 158 valence electrons. The zero-order chi connectivity index (χ0) is 22.1. The van der Waals surface area contributed by atoms with Crippen LogP contribution in [-0.2, 0) is 0 Å². The van der Waals surface area contributed by atoms with Crippen molar-refractivity contribution in [1.82, 2.24) is 14.5 Å². The van der Waals surface area contributed by atoms with E-state index in [1.54, 1.807) is 12.4 Å². The Morgan fingerprint density at radius 2 is 1.81 bits per heavy atom. The highest BCUT2D eigenvalue weighted by Crippen LogP contribution is 2.31. The summed E-state index contributed by atoms with van der Waals surface area (Å²) in [4.78, 5) is 14.1. The monoisotopic (exact) mass is 439 g/mol. The molecule has 3 aromatic rings. The summed E-state index contributed by atoms with van der Waals surface area (Å²) in [7, 11) is 0. The molecular weight excluding hydrogens is 418 g/mol. The van der Waals surface area contributed by atoms with E-state index in [-0.39, 0.29) is 6.04 Å². The predicted octanol–water partition coefficient (Wildman–Crippen LogP) is 6.23. The SMILES string of the molecule is CC(C)N=c1cc2n(-c3ccccc3)c3cc(Cl)ccc3nc-2cc1Nc1cccnc1. The third kappa shape index (κ3) is 3.95. The molecule has 0 amide bonds. The van der Waals surface area contributed by atoms with Crippen molar-refractivity contribution in [3.05, 3.63) is 95.6 Å². The molecule has 32 heavy (non-hydrogen) atoms. The number of hydrogen-bond acceptors (Lipinski definition) is 4. The minimum absolute atomic E-state index is 0.134. The van der Waals surface area contributed by atoms with Crippen molar-refractivity contribution in [1.29, 1.82) is 0 Å². The van der Waals surface area contributed by atoms with Crippen LogP contribution in [0.25, 0.3) is 28.1 Å². The van der Waals surface area contributed by atoms with E-state index in [0.717, 1.165) is 44.8 Å². The molecule has 0 bridgehead atoms. The van der Waals surface area contributed by atoms with Gasteiger partial charge in [0.25, 0.3) is 0 Å².